The molecule has 0 aliphatic carbocycles. The first kappa shape index (κ1) is 19.3. The van der Waals surface area contributed by atoms with Gasteiger partial charge < -0.3 is 0 Å². The number of benzene rings is 4. The Morgan fingerprint density at radius 3 is 1.76 bits per heavy atom. The minimum atomic E-state index is 0.0754. The molecule has 2 aromatic heterocycles. The minimum absolute atomic E-state index is 0.0754. The van der Waals surface area contributed by atoms with E-state index in [-0.39, 0.29) is 5.78 Å². The molecule has 3 nitrogen and oxygen atoms in total. The van der Waals surface area contributed by atoms with Gasteiger partial charge in [-0.1, -0.05) is 78.9 Å². The number of fused-ring (bicyclic) bond motifs is 4. The summed E-state index contributed by atoms with van der Waals surface area (Å²) in [5.41, 5.74) is 6.50. The Balaban J connectivity index is 1.51. The number of ketones is 1. The van der Waals surface area contributed by atoms with Gasteiger partial charge in [0.1, 0.15) is 0 Å². The van der Waals surface area contributed by atoms with Crippen molar-refractivity contribution in [2.45, 2.75) is 6.92 Å². The van der Waals surface area contributed by atoms with E-state index < -0.39 is 0 Å². The van der Waals surface area contributed by atoms with E-state index >= 15 is 0 Å². The second kappa shape index (κ2) is 7.64. The standard InChI is InChI=1S/C30H20N2O/c1-19(33)23-9-10-25-18-26(12-11-24(25)17-23)28-16-14-22-8-7-21-13-15-27(20-5-3-2-4-6-20)31-29(21)30(22)32-28/h2-18H,1H3. The van der Waals surface area contributed by atoms with Crippen molar-refractivity contribution >= 4 is 38.4 Å². The molecule has 0 fully saturated rings. The third kappa shape index (κ3) is 3.44. The molecule has 0 saturated carbocycles. The van der Waals surface area contributed by atoms with E-state index in [9.17, 15) is 4.79 Å². The molecule has 0 spiro atoms. The summed E-state index contributed by atoms with van der Waals surface area (Å²) < 4.78 is 0. The quantitative estimate of drug-likeness (QED) is 0.219. The van der Waals surface area contributed by atoms with Gasteiger partial charge in [0.15, 0.2) is 5.78 Å². The lowest BCUT2D eigenvalue weighted by Gasteiger charge is -2.09. The van der Waals surface area contributed by atoms with E-state index in [4.69, 9.17) is 9.97 Å². The fourth-order valence-corrected chi connectivity index (χ4v) is 4.32. The second-order valence-electron chi connectivity index (χ2n) is 8.30. The van der Waals surface area contributed by atoms with Crippen LogP contribution >= 0.6 is 0 Å². The molecule has 3 heteroatoms. The van der Waals surface area contributed by atoms with Crippen LogP contribution in [0.2, 0.25) is 0 Å². The van der Waals surface area contributed by atoms with Crippen molar-refractivity contribution in [3.63, 3.8) is 0 Å². The van der Waals surface area contributed by atoms with Gasteiger partial charge in [-0.05, 0) is 42.0 Å². The highest BCUT2D eigenvalue weighted by molar-refractivity contribution is 6.04. The summed E-state index contributed by atoms with van der Waals surface area (Å²) in [5, 5.41) is 4.27. The Bertz CT molecular complexity index is 1690. The zero-order valence-electron chi connectivity index (χ0n) is 18.1. The van der Waals surface area contributed by atoms with Crippen molar-refractivity contribution in [3.8, 4) is 22.5 Å². The monoisotopic (exact) mass is 424 g/mol. The summed E-state index contributed by atoms with van der Waals surface area (Å²) in [4.78, 5) is 21.7. The Morgan fingerprint density at radius 2 is 1.09 bits per heavy atom. The van der Waals surface area contributed by atoms with Gasteiger partial charge in [0.05, 0.1) is 22.4 Å². The highest BCUT2D eigenvalue weighted by atomic mass is 16.1. The zero-order valence-corrected chi connectivity index (χ0v) is 18.1. The first-order valence-corrected chi connectivity index (χ1v) is 11.0. The minimum Gasteiger partial charge on any atom is -0.295 e. The summed E-state index contributed by atoms with van der Waals surface area (Å²) in [6.07, 6.45) is 0. The molecule has 0 radical (unpaired) electrons. The maximum absolute atomic E-state index is 11.7. The van der Waals surface area contributed by atoms with Gasteiger partial charge in [0.2, 0.25) is 0 Å². The lowest BCUT2D eigenvalue weighted by molar-refractivity contribution is 0.101. The Morgan fingerprint density at radius 1 is 0.545 bits per heavy atom. The van der Waals surface area contributed by atoms with Gasteiger partial charge in [-0.25, -0.2) is 9.97 Å². The van der Waals surface area contributed by atoms with Crippen molar-refractivity contribution in [3.05, 3.63) is 109 Å². The molecule has 0 N–H and O–H groups in total. The van der Waals surface area contributed by atoms with E-state index in [1.807, 2.05) is 36.4 Å². The molecule has 6 rings (SSSR count). The first-order valence-electron chi connectivity index (χ1n) is 11.0. The van der Waals surface area contributed by atoms with Crippen LogP contribution in [0.25, 0.3) is 55.1 Å². The van der Waals surface area contributed by atoms with Gasteiger partial charge in [-0.15, -0.1) is 0 Å². The van der Waals surface area contributed by atoms with Crippen LogP contribution in [-0.2, 0) is 0 Å². The molecule has 6 aromatic rings. The van der Waals surface area contributed by atoms with Gasteiger partial charge in [-0.2, -0.15) is 0 Å². The molecule has 33 heavy (non-hydrogen) atoms. The number of hydrogen-bond acceptors (Lipinski definition) is 3. The van der Waals surface area contributed by atoms with Crippen LogP contribution in [0.1, 0.15) is 17.3 Å². The van der Waals surface area contributed by atoms with Crippen LogP contribution in [0.3, 0.4) is 0 Å². The molecule has 156 valence electrons. The van der Waals surface area contributed by atoms with Crippen LogP contribution in [0, 0.1) is 0 Å². The highest BCUT2D eigenvalue weighted by Gasteiger charge is 2.09. The number of nitrogens with zero attached hydrogens (tertiary/aromatic N) is 2. The number of rotatable bonds is 3. The molecule has 0 aliphatic heterocycles. The largest absolute Gasteiger partial charge is 0.295 e. The van der Waals surface area contributed by atoms with Gasteiger partial charge >= 0.3 is 0 Å². The van der Waals surface area contributed by atoms with E-state index in [1.54, 1.807) is 6.92 Å². The topological polar surface area (TPSA) is 42.9 Å². The molecule has 0 amide bonds. The summed E-state index contributed by atoms with van der Waals surface area (Å²) in [6, 6.07) is 34.8. The zero-order chi connectivity index (χ0) is 22.4. The Hall–Kier alpha value is -4.37. The maximum Gasteiger partial charge on any atom is 0.159 e. The number of pyridine rings is 2. The summed E-state index contributed by atoms with van der Waals surface area (Å²) in [7, 11) is 0. The molecule has 2 heterocycles. The summed E-state index contributed by atoms with van der Waals surface area (Å²) in [5.74, 6) is 0.0754. The SMILES string of the molecule is CC(=O)c1ccc2cc(-c3ccc4ccc5ccc(-c6ccccc6)nc5c4n3)ccc2c1. The van der Waals surface area contributed by atoms with E-state index in [0.717, 1.165) is 60.7 Å². The molecule has 0 bridgehead atoms. The van der Waals surface area contributed by atoms with E-state index in [0.29, 0.717) is 0 Å². The summed E-state index contributed by atoms with van der Waals surface area (Å²) in [6.45, 7) is 1.59. The maximum atomic E-state index is 11.7. The molecule has 0 atom stereocenters. The van der Waals surface area contributed by atoms with Crippen LogP contribution in [0.15, 0.2) is 103 Å². The third-order valence-corrected chi connectivity index (χ3v) is 6.13. The van der Waals surface area contributed by atoms with E-state index in [1.165, 1.54) is 0 Å². The fourth-order valence-electron chi connectivity index (χ4n) is 4.32. The van der Waals surface area contributed by atoms with Crippen LogP contribution in [0.5, 0.6) is 0 Å². The molecule has 0 unspecified atom stereocenters. The third-order valence-electron chi connectivity index (χ3n) is 6.13. The summed E-state index contributed by atoms with van der Waals surface area (Å²) >= 11 is 0. The van der Waals surface area contributed by atoms with Gasteiger partial charge in [0, 0.05) is 27.5 Å². The average Bonchev–Trinajstić information content (AvgIpc) is 2.87. The highest BCUT2D eigenvalue weighted by Crippen LogP contribution is 2.30. The van der Waals surface area contributed by atoms with E-state index in [2.05, 4.69) is 66.7 Å². The molecule has 0 aliphatic rings. The normalized spacial score (nSPS) is 11.3. The lowest BCUT2D eigenvalue weighted by atomic mass is 10.0. The number of carbonyl (C=O) groups excluding carboxylic acids is 1. The van der Waals surface area contributed by atoms with Crippen molar-refractivity contribution in [1.29, 1.82) is 0 Å². The van der Waals surface area contributed by atoms with Crippen molar-refractivity contribution in [1.82, 2.24) is 9.97 Å². The number of aromatic nitrogens is 2. The van der Waals surface area contributed by atoms with Crippen LogP contribution in [0.4, 0.5) is 0 Å². The average molecular weight is 425 g/mol. The molecule has 4 aromatic carbocycles. The second-order valence-corrected chi connectivity index (χ2v) is 8.30. The number of hydrogen-bond donors (Lipinski definition) is 0. The number of carbonyl (C=O) groups is 1. The van der Waals surface area contributed by atoms with Gasteiger partial charge in [0.25, 0.3) is 0 Å². The van der Waals surface area contributed by atoms with Gasteiger partial charge in [-0.3, -0.25) is 4.79 Å². The first-order chi connectivity index (χ1) is 16.2. The lowest BCUT2D eigenvalue weighted by Crippen LogP contribution is -1.92. The molecule has 0 saturated heterocycles. The van der Waals surface area contributed by atoms with Crippen molar-refractivity contribution in [2.24, 2.45) is 0 Å². The van der Waals surface area contributed by atoms with Crippen LogP contribution < -0.4 is 0 Å². The Labute approximate surface area is 191 Å². The number of Topliss-reactive ketones (excluding diaryl/α,β-unsaturated/α-hetero) is 1. The molecular formula is C30H20N2O. The predicted molar refractivity (Wildman–Crippen MR) is 135 cm³/mol. The smallest absolute Gasteiger partial charge is 0.159 e. The van der Waals surface area contributed by atoms with Crippen molar-refractivity contribution in [2.75, 3.05) is 0 Å². The molecular weight excluding hydrogens is 404 g/mol. The van der Waals surface area contributed by atoms with Crippen LogP contribution in [-0.4, -0.2) is 15.8 Å². The van der Waals surface area contributed by atoms with Crippen molar-refractivity contribution < 1.29 is 4.79 Å². The Kier molecular flexibility index (Phi) is 4.48. The predicted octanol–water partition coefficient (Wildman–Crippen LogP) is 7.47. The fraction of sp³-hybridized carbons (Fsp3) is 0.0333.